The highest BCUT2D eigenvalue weighted by Crippen LogP contribution is 2.38. The third-order valence-electron chi connectivity index (χ3n) is 9.58. The van der Waals surface area contributed by atoms with E-state index in [2.05, 4.69) is 71.5 Å². The fourth-order valence-corrected chi connectivity index (χ4v) is 6.94. The van der Waals surface area contributed by atoms with Crippen molar-refractivity contribution >= 4 is 6.08 Å². The number of ether oxygens (including phenoxy) is 2. The Morgan fingerprint density at radius 2 is 1.93 bits per heavy atom. The molecule has 1 spiro atoms. The van der Waals surface area contributed by atoms with E-state index >= 15 is 0 Å². The van der Waals surface area contributed by atoms with Crippen LogP contribution in [0.5, 0.6) is 5.88 Å². The smallest absolute Gasteiger partial charge is 0.238 e. The summed E-state index contributed by atoms with van der Waals surface area (Å²) in [4.78, 5) is 2.66. The van der Waals surface area contributed by atoms with Gasteiger partial charge in [-0.15, -0.1) is 5.10 Å². The minimum Gasteiger partial charge on any atom is -0.443 e. The van der Waals surface area contributed by atoms with Gasteiger partial charge in [0.2, 0.25) is 12.2 Å². The van der Waals surface area contributed by atoms with E-state index in [1.165, 1.54) is 44.3 Å². The second-order valence-corrected chi connectivity index (χ2v) is 13.1. The van der Waals surface area contributed by atoms with Crippen LogP contribution in [0.15, 0.2) is 24.3 Å². The van der Waals surface area contributed by atoms with E-state index in [9.17, 15) is 20.4 Å². The first-order valence-electron chi connectivity index (χ1n) is 15.9. The van der Waals surface area contributed by atoms with Crippen molar-refractivity contribution in [1.82, 2.24) is 20.4 Å². The predicted octanol–water partition coefficient (Wildman–Crippen LogP) is 2.48. The Hall–Kier alpha value is -2.31. The van der Waals surface area contributed by atoms with Gasteiger partial charge in [-0.3, -0.25) is 5.10 Å². The SMILES string of the molecule is Cc1cc(/C=C/CCN2CCCC3(CCNCC3)C2)ccc1Cc1c(O[C@@H]2O[C@H](CO)C(O)[C@H](O)[C@H]2O)n[nH]c1C(C)C. The second kappa shape index (κ2) is 14.2. The van der Waals surface area contributed by atoms with Crippen LogP contribution in [0.4, 0.5) is 0 Å². The monoisotopic (exact) mass is 598 g/mol. The Labute approximate surface area is 255 Å². The standard InChI is InChI=1S/C33H50N4O6/c1-21(2)27-25(31(36-35-27)43-32-30(41)29(40)28(39)26(19-38)42-32)18-24-9-8-23(17-22(24)3)7-4-5-15-37-16-6-10-33(20-37)11-13-34-14-12-33/h4,7-9,17,21,26,28-30,32,34,38-41H,5-6,10-16,18-20H2,1-3H3,(H,35,36)/b7-4+/t26-,28?,29+,30-,32+/m1/s1. The summed E-state index contributed by atoms with van der Waals surface area (Å²) in [6.45, 7) is 11.6. The summed E-state index contributed by atoms with van der Waals surface area (Å²) < 4.78 is 11.5. The van der Waals surface area contributed by atoms with Gasteiger partial charge in [0.1, 0.15) is 24.4 Å². The van der Waals surface area contributed by atoms with E-state index < -0.39 is 37.3 Å². The molecule has 0 saturated carbocycles. The Kier molecular flexibility index (Phi) is 10.6. The molecule has 3 fully saturated rings. The van der Waals surface area contributed by atoms with Gasteiger partial charge in [0, 0.05) is 30.8 Å². The zero-order chi connectivity index (χ0) is 30.6. The van der Waals surface area contributed by atoms with Crippen LogP contribution in [-0.2, 0) is 11.2 Å². The number of aromatic amines is 1. The summed E-state index contributed by atoms with van der Waals surface area (Å²) in [5, 5.41) is 51.3. The van der Waals surface area contributed by atoms with Gasteiger partial charge >= 0.3 is 0 Å². The van der Waals surface area contributed by atoms with Crippen molar-refractivity contribution in [3.8, 4) is 5.88 Å². The summed E-state index contributed by atoms with van der Waals surface area (Å²) in [6, 6.07) is 6.47. The number of H-pyrrole nitrogens is 1. The molecule has 0 radical (unpaired) electrons. The predicted molar refractivity (Wildman–Crippen MR) is 165 cm³/mol. The van der Waals surface area contributed by atoms with Crippen LogP contribution in [0.1, 0.15) is 79.8 Å². The number of piperidine rings is 2. The molecular weight excluding hydrogens is 548 g/mol. The normalized spacial score (nSPS) is 28.2. The number of nitrogens with zero attached hydrogens (tertiary/aromatic N) is 2. The Balaban J connectivity index is 1.22. The molecule has 43 heavy (non-hydrogen) atoms. The summed E-state index contributed by atoms with van der Waals surface area (Å²) in [7, 11) is 0. The molecule has 2 aromatic rings. The summed E-state index contributed by atoms with van der Waals surface area (Å²) >= 11 is 0. The maximum Gasteiger partial charge on any atom is 0.238 e. The third-order valence-corrected chi connectivity index (χ3v) is 9.58. The molecule has 5 rings (SSSR count). The molecule has 3 saturated heterocycles. The maximum absolute atomic E-state index is 10.5. The number of rotatable bonds is 10. The fraction of sp³-hybridized carbons (Fsp3) is 0.667. The van der Waals surface area contributed by atoms with Gasteiger partial charge in [-0.1, -0.05) is 44.2 Å². The number of aliphatic hydroxyl groups is 4. The zero-order valence-corrected chi connectivity index (χ0v) is 25.8. The highest BCUT2D eigenvalue weighted by Gasteiger charge is 2.45. The molecule has 0 amide bonds. The Morgan fingerprint density at radius 3 is 2.65 bits per heavy atom. The number of likely N-dealkylation sites (tertiary alicyclic amines) is 1. The minimum absolute atomic E-state index is 0.140. The first-order chi connectivity index (χ1) is 20.7. The molecule has 6 N–H and O–H groups in total. The van der Waals surface area contributed by atoms with Crippen LogP contribution < -0.4 is 10.1 Å². The Morgan fingerprint density at radius 1 is 1.14 bits per heavy atom. The van der Waals surface area contributed by atoms with E-state index in [1.807, 2.05) is 0 Å². The largest absolute Gasteiger partial charge is 0.443 e. The number of aryl methyl sites for hydroxylation is 1. The van der Waals surface area contributed by atoms with Crippen molar-refractivity contribution in [2.45, 2.75) is 95.9 Å². The molecular formula is C33H50N4O6. The van der Waals surface area contributed by atoms with Gasteiger partial charge in [-0.2, -0.15) is 0 Å². The van der Waals surface area contributed by atoms with Gasteiger partial charge in [-0.25, -0.2) is 0 Å². The Bertz CT molecular complexity index is 1220. The number of hydrogen-bond acceptors (Lipinski definition) is 9. The average Bonchev–Trinajstić information content (AvgIpc) is 3.39. The lowest BCUT2D eigenvalue weighted by Crippen LogP contribution is -2.60. The molecule has 5 atom stereocenters. The number of nitrogens with one attached hydrogen (secondary N) is 2. The van der Waals surface area contributed by atoms with Crippen LogP contribution >= 0.6 is 0 Å². The van der Waals surface area contributed by atoms with Gasteiger partial charge in [-0.05, 0) is 86.7 Å². The molecule has 3 aliphatic rings. The van der Waals surface area contributed by atoms with Crippen molar-refractivity contribution < 1.29 is 29.9 Å². The van der Waals surface area contributed by atoms with Crippen molar-refractivity contribution in [3.63, 3.8) is 0 Å². The molecule has 10 nitrogen and oxygen atoms in total. The van der Waals surface area contributed by atoms with Crippen LogP contribution in [0, 0.1) is 12.3 Å². The lowest BCUT2D eigenvalue weighted by molar-refractivity contribution is -0.278. The number of hydrogen-bond donors (Lipinski definition) is 6. The molecule has 238 valence electrons. The van der Waals surface area contributed by atoms with E-state index in [-0.39, 0.29) is 11.8 Å². The molecule has 1 aromatic carbocycles. The van der Waals surface area contributed by atoms with Crippen molar-refractivity contribution in [2.75, 3.05) is 39.3 Å². The molecule has 1 unspecified atom stereocenters. The van der Waals surface area contributed by atoms with Gasteiger partial charge in [0.15, 0.2) is 0 Å². The molecule has 1 aromatic heterocycles. The lowest BCUT2D eigenvalue weighted by atomic mass is 9.73. The van der Waals surface area contributed by atoms with E-state index in [4.69, 9.17) is 9.47 Å². The molecule has 3 aliphatic heterocycles. The highest BCUT2D eigenvalue weighted by atomic mass is 16.7. The first-order valence-corrected chi connectivity index (χ1v) is 15.9. The van der Waals surface area contributed by atoms with Gasteiger partial charge < -0.3 is 40.1 Å². The van der Waals surface area contributed by atoms with Crippen LogP contribution in [-0.4, -0.2) is 106 Å². The quantitative estimate of drug-likeness (QED) is 0.243. The first kappa shape index (κ1) is 32.1. The van der Waals surface area contributed by atoms with Crippen LogP contribution in [0.2, 0.25) is 0 Å². The number of aromatic nitrogens is 2. The van der Waals surface area contributed by atoms with E-state index in [1.54, 1.807) is 0 Å². The summed E-state index contributed by atoms with van der Waals surface area (Å²) in [5.41, 5.74) is 5.73. The topological polar surface area (TPSA) is 143 Å². The maximum atomic E-state index is 10.5. The fourth-order valence-electron chi connectivity index (χ4n) is 6.94. The second-order valence-electron chi connectivity index (χ2n) is 13.1. The highest BCUT2D eigenvalue weighted by molar-refractivity contribution is 5.52. The molecule has 0 bridgehead atoms. The molecule has 0 aliphatic carbocycles. The number of aliphatic hydroxyl groups excluding tert-OH is 4. The van der Waals surface area contributed by atoms with E-state index in [0.29, 0.717) is 11.8 Å². The van der Waals surface area contributed by atoms with Crippen LogP contribution in [0.25, 0.3) is 6.08 Å². The minimum atomic E-state index is -1.52. The number of benzene rings is 1. The summed E-state index contributed by atoms with van der Waals surface area (Å²) in [5.74, 6) is 0.405. The molecule has 10 heteroatoms. The van der Waals surface area contributed by atoms with Crippen LogP contribution in [0.3, 0.4) is 0 Å². The average molecular weight is 599 g/mol. The van der Waals surface area contributed by atoms with Crippen molar-refractivity contribution in [3.05, 3.63) is 52.2 Å². The lowest BCUT2D eigenvalue weighted by Gasteiger charge is -2.45. The third kappa shape index (κ3) is 7.50. The van der Waals surface area contributed by atoms with Crippen molar-refractivity contribution in [1.29, 1.82) is 0 Å². The van der Waals surface area contributed by atoms with Gasteiger partial charge in [0.25, 0.3) is 0 Å². The van der Waals surface area contributed by atoms with Crippen molar-refractivity contribution in [2.24, 2.45) is 5.41 Å². The van der Waals surface area contributed by atoms with Gasteiger partial charge in [0.05, 0.1) is 6.61 Å². The summed E-state index contributed by atoms with van der Waals surface area (Å²) in [6.07, 6.45) is 4.60. The zero-order valence-electron chi connectivity index (χ0n) is 25.8. The molecule has 4 heterocycles. The van der Waals surface area contributed by atoms with E-state index in [0.717, 1.165) is 48.4 Å².